The summed E-state index contributed by atoms with van der Waals surface area (Å²) in [6, 6.07) is 14.6. The first-order valence-electron chi connectivity index (χ1n) is 10.8. The van der Waals surface area contributed by atoms with E-state index >= 15 is 0 Å². The van der Waals surface area contributed by atoms with E-state index < -0.39 is 17.5 Å². The third-order valence-electron chi connectivity index (χ3n) is 6.40. The zero-order chi connectivity index (χ0) is 24.6. The molecule has 0 amide bonds. The molecule has 0 fully saturated rings. The predicted octanol–water partition coefficient (Wildman–Crippen LogP) is 8.28. The molecule has 2 aromatic heterocycles. The maximum Gasteiger partial charge on any atom is 0.197 e. The van der Waals surface area contributed by atoms with E-state index in [1.54, 1.807) is 24.3 Å². The van der Waals surface area contributed by atoms with Crippen LogP contribution in [0.15, 0.2) is 54.1 Å². The van der Waals surface area contributed by atoms with Gasteiger partial charge in [0.15, 0.2) is 23.2 Å². The van der Waals surface area contributed by atoms with Gasteiger partial charge in [-0.1, -0.05) is 24.3 Å². The lowest BCUT2D eigenvalue weighted by molar-refractivity contribution is 0.0990. The molecule has 0 saturated heterocycles. The lowest BCUT2D eigenvalue weighted by Gasteiger charge is -2.10. The van der Waals surface area contributed by atoms with Crippen molar-refractivity contribution in [2.24, 2.45) is 0 Å². The number of allylic oxidation sites excluding steroid dienone is 1. The molecule has 0 saturated carbocycles. The molecule has 0 radical (unpaired) electrons. The van der Waals surface area contributed by atoms with Crippen molar-refractivity contribution >= 4 is 60.5 Å². The van der Waals surface area contributed by atoms with Crippen LogP contribution in [0.2, 0.25) is 0 Å². The predicted molar refractivity (Wildman–Crippen MR) is 135 cm³/mol. The third kappa shape index (κ3) is 3.22. The average molecular weight is 505 g/mol. The van der Waals surface area contributed by atoms with Gasteiger partial charge in [0.25, 0.3) is 0 Å². The highest BCUT2D eigenvalue weighted by atomic mass is 32.1. The van der Waals surface area contributed by atoms with Crippen molar-refractivity contribution in [3.8, 4) is 10.4 Å². The van der Waals surface area contributed by atoms with Gasteiger partial charge in [-0.25, -0.2) is 13.2 Å². The Morgan fingerprint density at radius 3 is 1.89 bits per heavy atom. The first-order chi connectivity index (χ1) is 16.7. The van der Waals surface area contributed by atoms with Crippen molar-refractivity contribution in [3.05, 3.63) is 98.7 Å². The van der Waals surface area contributed by atoms with Gasteiger partial charge in [-0.2, -0.15) is 0 Å². The minimum atomic E-state index is -1.17. The van der Waals surface area contributed by atoms with Gasteiger partial charge in [-0.3, -0.25) is 9.59 Å². The van der Waals surface area contributed by atoms with Gasteiger partial charge in [0.1, 0.15) is 5.82 Å². The first-order valence-corrected chi connectivity index (χ1v) is 12.4. The quantitative estimate of drug-likeness (QED) is 0.138. The summed E-state index contributed by atoms with van der Waals surface area (Å²) in [5.41, 5.74) is 0.548. The van der Waals surface area contributed by atoms with Gasteiger partial charge < -0.3 is 0 Å². The second-order valence-corrected chi connectivity index (χ2v) is 10.7. The Hall–Kier alpha value is -3.55. The summed E-state index contributed by atoms with van der Waals surface area (Å²) in [5, 5.41) is 1.79. The summed E-state index contributed by atoms with van der Waals surface area (Å²) < 4.78 is 44.6. The molecule has 3 aromatic carbocycles. The molecule has 6 rings (SSSR count). The van der Waals surface area contributed by atoms with E-state index in [0.717, 1.165) is 20.2 Å². The Morgan fingerprint density at radius 2 is 1.29 bits per heavy atom. The van der Waals surface area contributed by atoms with Crippen LogP contribution in [0.5, 0.6) is 0 Å². The molecule has 7 heteroatoms. The van der Waals surface area contributed by atoms with E-state index in [4.69, 9.17) is 0 Å². The fraction of sp³-hybridized carbons (Fsp3) is 0.0714. The Labute approximate surface area is 206 Å². The topological polar surface area (TPSA) is 34.1 Å². The van der Waals surface area contributed by atoms with Crippen molar-refractivity contribution in [1.82, 2.24) is 0 Å². The van der Waals surface area contributed by atoms with E-state index in [9.17, 15) is 22.8 Å². The molecule has 0 spiro atoms. The van der Waals surface area contributed by atoms with Crippen LogP contribution >= 0.6 is 22.7 Å². The van der Waals surface area contributed by atoms with Gasteiger partial charge in [-0.05, 0) is 60.5 Å². The number of carbonyl (C=O) groups excluding carboxylic acids is 2. The molecule has 0 atom stereocenters. The number of hydrogen-bond donors (Lipinski definition) is 0. The number of rotatable bonds is 2. The van der Waals surface area contributed by atoms with Crippen LogP contribution in [0.1, 0.15) is 36.7 Å². The van der Waals surface area contributed by atoms with Crippen molar-refractivity contribution in [3.63, 3.8) is 0 Å². The number of ketones is 2. The van der Waals surface area contributed by atoms with Gasteiger partial charge in [0, 0.05) is 41.4 Å². The van der Waals surface area contributed by atoms with Crippen molar-refractivity contribution in [1.29, 1.82) is 0 Å². The van der Waals surface area contributed by atoms with Crippen LogP contribution in [-0.2, 0) is 0 Å². The highest BCUT2D eigenvalue weighted by Gasteiger charge is 2.33. The maximum atomic E-state index is 14.8. The van der Waals surface area contributed by atoms with Crippen LogP contribution in [0.4, 0.5) is 13.2 Å². The number of thiophene rings is 2. The van der Waals surface area contributed by atoms with Crippen LogP contribution in [0, 0.1) is 31.3 Å². The fourth-order valence-electron chi connectivity index (χ4n) is 4.51. The standard InChI is InChI=1S/C28H15F3O2S2/c1-12-23(24(29)13(2)26(31)25(12)30)22-11-21-20(35-22)10-16(34-21)9-19-27(32)17-7-14-5-3-4-6-15(14)8-18(17)28(19)33/h3-11H,1-2H3. The van der Waals surface area contributed by atoms with E-state index in [2.05, 4.69) is 0 Å². The molecular weight excluding hydrogens is 489 g/mol. The molecular formula is C28H15F3O2S2. The van der Waals surface area contributed by atoms with Gasteiger partial charge >= 0.3 is 0 Å². The Kier molecular flexibility index (Phi) is 4.85. The summed E-state index contributed by atoms with van der Waals surface area (Å²) in [7, 11) is 0. The summed E-state index contributed by atoms with van der Waals surface area (Å²) in [6.45, 7) is 2.58. The fourth-order valence-corrected chi connectivity index (χ4v) is 6.96. The Balaban J connectivity index is 1.40. The second-order valence-electron chi connectivity index (χ2n) is 8.52. The van der Waals surface area contributed by atoms with E-state index in [0.29, 0.717) is 20.9 Å². The highest BCUT2D eigenvalue weighted by molar-refractivity contribution is 7.29. The number of Topliss-reactive ketones (excluding diaryl/α,β-unsaturated/α-hetero) is 2. The monoisotopic (exact) mass is 504 g/mol. The maximum absolute atomic E-state index is 14.8. The first kappa shape index (κ1) is 21.9. The normalized spacial score (nSPS) is 13.3. The number of halogens is 3. The molecule has 0 aliphatic heterocycles. The van der Waals surface area contributed by atoms with Crippen LogP contribution in [-0.4, -0.2) is 11.6 Å². The van der Waals surface area contributed by atoms with Crippen molar-refractivity contribution < 1.29 is 22.8 Å². The zero-order valence-corrected chi connectivity index (χ0v) is 20.1. The summed E-state index contributed by atoms with van der Waals surface area (Å²) in [4.78, 5) is 27.3. The van der Waals surface area contributed by atoms with Crippen LogP contribution in [0.25, 0.3) is 36.7 Å². The van der Waals surface area contributed by atoms with Crippen LogP contribution in [0.3, 0.4) is 0 Å². The zero-order valence-electron chi connectivity index (χ0n) is 18.5. The van der Waals surface area contributed by atoms with Crippen LogP contribution < -0.4 is 0 Å². The van der Waals surface area contributed by atoms with Gasteiger partial charge in [0.2, 0.25) is 0 Å². The third-order valence-corrected chi connectivity index (χ3v) is 8.66. The number of hydrogen-bond acceptors (Lipinski definition) is 4. The van der Waals surface area contributed by atoms with Crippen molar-refractivity contribution in [2.75, 3.05) is 0 Å². The molecule has 0 N–H and O–H groups in total. The molecule has 2 heterocycles. The largest absolute Gasteiger partial charge is 0.288 e. The van der Waals surface area contributed by atoms with Crippen molar-refractivity contribution in [2.45, 2.75) is 13.8 Å². The van der Waals surface area contributed by atoms with E-state index in [1.807, 2.05) is 30.3 Å². The Morgan fingerprint density at radius 1 is 0.714 bits per heavy atom. The summed E-state index contributed by atoms with van der Waals surface area (Å²) >= 11 is 2.60. The molecule has 1 aliphatic rings. The summed E-state index contributed by atoms with van der Waals surface area (Å²) in [5.74, 6) is -3.60. The Bertz CT molecular complexity index is 1670. The smallest absolute Gasteiger partial charge is 0.197 e. The summed E-state index contributed by atoms with van der Waals surface area (Å²) in [6.07, 6.45) is 1.60. The molecule has 0 unspecified atom stereocenters. The lowest BCUT2D eigenvalue weighted by Crippen LogP contribution is -2.01. The van der Waals surface area contributed by atoms with E-state index in [1.165, 1.54) is 36.5 Å². The second kappa shape index (κ2) is 7.73. The SMILES string of the molecule is Cc1c(F)c(F)c(C)c(-c2cc3sc(C=C4C(=O)c5cc6ccccc6cc5C4=O)cc3s2)c1F. The van der Waals surface area contributed by atoms with Gasteiger partial charge in [-0.15, -0.1) is 22.7 Å². The molecule has 5 aromatic rings. The molecule has 2 nitrogen and oxygen atoms in total. The minimum Gasteiger partial charge on any atom is -0.288 e. The molecule has 1 aliphatic carbocycles. The highest BCUT2D eigenvalue weighted by Crippen LogP contribution is 2.43. The number of carbonyl (C=O) groups is 2. The minimum absolute atomic E-state index is 0.0540. The van der Waals surface area contributed by atoms with Gasteiger partial charge in [0.05, 0.1) is 5.57 Å². The number of benzene rings is 3. The lowest BCUT2D eigenvalue weighted by atomic mass is 10.0. The average Bonchev–Trinajstić information content (AvgIpc) is 3.48. The number of fused-ring (bicyclic) bond motifs is 3. The molecule has 35 heavy (non-hydrogen) atoms. The molecule has 0 bridgehead atoms. The molecule has 172 valence electrons. The van der Waals surface area contributed by atoms with E-state index in [-0.39, 0.29) is 33.8 Å².